The first-order chi connectivity index (χ1) is 9.58. The molecule has 0 aliphatic carbocycles. The third kappa shape index (κ3) is 3.54. The molecule has 0 amide bonds. The number of anilines is 1. The second-order valence-electron chi connectivity index (χ2n) is 4.20. The molecule has 0 saturated carbocycles. The van der Waals surface area contributed by atoms with Crippen molar-refractivity contribution in [2.75, 3.05) is 11.9 Å². The highest BCUT2D eigenvalue weighted by Crippen LogP contribution is 2.30. The highest BCUT2D eigenvalue weighted by atomic mass is 79.9. The normalized spacial score (nSPS) is 10.3. The monoisotopic (exact) mass is 338 g/mol. The Kier molecular flexibility index (Phi) is 4.68. The molecule has 0 bridgehead atoms. The fourth-order valence-electron chi connectivity index (χ4n) is 1.82. The van der Waals surface area contributed by atoms with Crippen LogP contribution in [-0.2, 0) is 6.42 Å². The molecule has 104 valence electrons. The van der Waals surface area contributed by atoms with Crippen LogP contribution in [0.1, 0.15) is 5.56 Å². The van der Waals surface area contributed by atoms with Crippen LogP contribution in [-0.4, -0.2) is 11.5 Å². The number of rotatable bonds is 5. The van der Waals surface area contributed by atoms with Crippen molar-refractivity contribution in [2.24, 2.45) is 0 Å². The van der Waals surface area contributed by atoms with E-state index in [1.807, 2.05) is 30.3 Å². The van der Waals surface area contributed by atoms with Crippen LogP contribution in [0, 0.1) is 15.9 Å². The number of hydrogen-bond donors (Lipinski definition) is 1. The van der Waals surface area contributed by atoms with Gasteiger partial charge in [-0.1, -0.05) is 30.3 Å². The summed E-state index contributed by atoms with van der Waals surface area (Å²) in [6.45, 7) is 0.531. The van der Waals surface area contributed by atoms with Gasteiger partial charge in [-0.3, -0.25) is 10.1 Å². The molecule has 0 aliphatic rings. The van der Waals surface area contributed by atoms with Crippen molar-refractivity contribution in [3.63, 3.8) is 0 Å². The van der Waals surface area contributed by atoms with Crippen LogP contribution in [0.4, 0.5) is 15.8 Å². The van der Waals surface area contributed by atoms with Gasteiger partial charge in [0.2, 0.25) is 0 Å². The molecule has 0 fully saturated rings. The molecule has 6 heteroatoms. The molecule has 1 N–H and O–H groups in total. The number of nitrogens with zero attached hydrogens (tertiary/aromatic N) is 1. The maximum absolute atomic E-state index is 13.3. The predicted molar refractivity (Wildman–Crippen MR) is 79.4 cm³/mol. The maximum atomic E-state index is 13.3. The van der Waals surface area contributed by atoms with E-state index in [-0.39, 0.29) is 10.2 Å². The zero-order valence-electron chi connectivity index (χ0n) is 10.5. The molecule has 2 aromatic carbocycles. The fraction of sp³-hybridized carbons (Fsp3) is 0.143. The Labute approximate surface area is 123 Å². The predicted octanol–water partition coefficient (Wildman–Crippen LogP) is 4.15. The number of nitro groups is 1. The third-order valence-corrected chi connectivity index (χ3v) is 3.41. The minimum Gasteiger partial charge on any atom is -0.379 e. The van der Waals surface area contributed by atoms with E-state index in [0.29, 0.717) is 12.2 Å². The molecule has 0 heterocycles. The van der Waals surface area contributed by atoms with Crippen molar-refractivity contribution < 1.29 is 9.31 Å². The summed E-state index contributed by atoms with van der Waals surface area (Å²) in [5, 5.41) is 13.9. The van der Waals surface area contributed by atoms with Gasteiger partial charge in [0, 0.05) is 6.54 Å². The molecule has 20 heavy (non-hydrogen) atoms. The van der Waals surface area contributed by atoms with Crippen molar-refractivity contribution in [1.29, 1.82) is 0 Å². The molecular weight excluding hydrogens is 327 g/mol. The zero-order chi connectivity index (χ0) is 14.5. The second kappa shape index (κ2) is 6.47. The van der Waals surface area contributed by atoms with Crippen LogP contribution in [0.15, 0.2) is 46.9 Å². The molecule has 2 rings (SSSR count). The van der Waals surface area contributed by atoms with E-state index in [1.54, 1.807) is 0 Å². The average Bonchev–Trinajstić information content (AvgIpc) is 2.43. The average molecular weight is 339 g/mol. The third-order valence-electron chi connectivity index (χ3n) is 2.81. The second-order valence-corrected chi connectivity index (χ2v) is 5.06. The van der Waals surface area contributed by atoms with Gasteiger partial charge in [-0.15, -0.1) is 0 Å². The SMILES string of the molecule is O=[N+]([O-])c1cc(F)c(Br)cc1NCCc1ccccc1. The number of nitro benzene ring substituents is 1. The molecular formula is C14H12BrFN2O2. The van der Waals surface area contributed by atoms with E-state index in [0.717, 1.165) is 18.1 Å². The van der Waals surface area contributed by atoms with E-state index in [9.17, 15) is 14.5 Å². The molecule has 0 unspecified atom stereocenters. The van der Waals surface area contributed by atoms with Crippen molar-refractivity contribution in [3.8, 4) is 0 Å². The Balaban J connectivity index is 2.09. The van der Waals surface area contributed by atoms with Gasteiger partial charge in [0.25, 0.3) is 5.69 Å². The standard InChI is InChI=1S/C14H12BrFN2O2/c15-11-8-13(14(18(19)20)9-12(11)16)17-7-6-10-4-2-1-3-5-10/h1-5,8-9,17H,6-7H2. The Bertz CT molecular complexity index is 620. The van der Waals surface area contributed by atoms with Crippen molar-refractivity contribution >= 4 is 27.3 Å². The van der Waals surface area contributed by atoms with Gasteiger partial charge in [0.1, 0.15) is 11.5 Å². The van der Waals surface area contributed by atoms with E-state index in [1.165, 1.54) is 6.07 Å². The van der Waals surface area contributed by atoms with Crippen LogP contribution in [0.25, 0.3) is 0 Å². The summed E-state index contributed by atoms with van der Waals surface area (Å²) in [5.74, 6) is -0.648. The summed E-state index contributed by atoms with van der Waals surface area (Å²) in [5.41, 5.74) is 1.17. The summed E-state index contributed by atoms with van der Waals surface area (Å²) in [4.78, 5) is 10.3. The van der Waals surface area contributed by atoms with Crippen LogP contribution < -0.4 is 5.32 Å². The lowest BCUT2D eigenvalue weighted by molar-refractivity contribution is -0.384. The van der Waals surface area contributed by atoms with Gasteiger partial charge >= 0.3 is 0 Å². The van der Waals surface area contributed by atoms with Crippen LogP contribution >= 0.6 is 15.9 Å². The summed E-state index contributed by atoms with van der Waals surface area (Å²) < 4.78 is 13.5. The topological polar surface area (TPSA) is 55.2 Å². The van der Waals surface area contributed by atoms with E-state index < -0.39 is 10.7 Å². The number of benzene rings is 2. The van der Waals surface area contributed by atoms with Crippen molar-refractivity contribution in [3.05, 3.63) is 68.4 Å². The van der Waals surface area contributed by atoms with Gasteiger partial charge in [-0.2, -0.15) is 0 Å². The largest absolute Gasteiger partial charge is 0.379 e. The molecule has 2 aromatic rings. The molecule has 0 saturated heterocycles. The quantitative estimate of drug-likeness (QED) is 0.658. The molecule has 4 nitrogen and oxygen atoms in total. The van der Waals surface area contributed by atoms with Gasteiger partial charge < -0.3 is 5.32 Å². The van der Waals surface area contributed by atoms with E-state index in [2.05, 4.69) is 21.2 Å². The van der Waals surface area contributed by atoms with Gasteiger partial charge in [0.05, 0.1) is 15.5 Å². The fourth-order valence-corrected chi connectivity index (χ4v) is 2.16. The Morgan fingerprint density at radius 1 is 1.25 bits per heavy atom. The number of halogens is 2. The highest BCUT2D eigenvalue weighted by Gasteiger charge is 2.17. The first kappa shape index (κ1) is 14.5. The van der Waals surface area contributed by atoms with Crippen molar-refractivity contribution in [2.45, 2.75) is 6.42 Å². The van der Waals surface area contributed by atoms with Crippen LogP contribution in [0.3, 0.4) is 0 Å². The van der Waals surface area contributed by atoms with E-state index >= 15 is 0 Å². The summed E-state index contributed by atoms with van der Waals surface area (Å²) in [6, 6.07) is 12.1. The van der Waals surface area contributed by atoms with Crippen LogP contribution in [0.5, 0.6) is 0 Å². The zero-order valence-corrected chi connectivity index (χ0v) is 12.1. The molecule has 0 atom stereocenters. The molecule has 0 radical (unpaired) electrons. The summed E-state index contributed by atoms with van der Waals surface area (Å²) >= 11 is 3.03. The van der Waals surface area contributed by atoms with Gasteiger partial charge in [-0.05, 0) is 34.0 Å². The van der Waals surface area contributed by atoms with E-state index in [4.69, 9.17) is 0 Å². The van der Waals surface area contributed by atoms with Crippen LogP contribution in [0.2, 0.25) is 0 Å². The lowest BCUT2D eigenvalue weighted by Crippen LogP contribution is -2.07. The Morgan fingerprint density at radius 2 is 1.95 bits per heavy atom. The molecule has 0 spiro atoms. The Hall–Kier alpha value is -1.95. The molecule has 0 aromatic heterocycles. The smallest absolute Gasteiger partial charge is 0.295 e. The minimum absolute atomic E-state index is 0.199. The maximum Gasteiger partial charge on any atom is 0.295 e. The molecule has 0 aliphatic heterocycles. The summed E-state index contributed by atoms with van der Waals surface area (Å²) in [6.07, 6.45) is 0.729. The highest BCUT2D eigenvalue weighted by molar-refractivity contribution is 9.10. The minimum atomic E-state index is -0.648. The van der Waals surface area contributed by atoms with Crippen molar-refractivity contribution in [1.82, 2.24) is 0 Å². The number of hydrogen-bond acceptors (Lipinski definition) is 3. The first-order valence-electron chi connectivity index (χ1n) is 5.99. The van der Waals surface area contributed by atoms with Gasteiger partial charge in [-0.25, -0.2) is 4.39 Å². The first-order valence-corrected chi connectivity index (χ1v) is 6.78. The lowest BCUT2D eigenvalue weighted by atomic mass is 10.1. The lowest BCUT2D eigenvalue weighted by Gasteiger charge is -2.08. The van der Waals surface area contributed by atoms with Gasteiger partial charge in [0.15, 0.2) is 0 Å². The Morgan fingerprint density at radius 3 is 2.60 bits per heavy atom. The summed E-state index contributed by atoms with van der Waals surface area (Å²) in [7, 11) is 0. The number of nitrogens with one attached hydrogen (secondary N) is 1.